The van der Waals surface area contributed by atoms with E-state index in [1.807, 2.05) is 13.1 Å². The fourth-order valence-corrected chi connectivity index (χ4v) is 13.7. The highest BCUT2D eigenvalue weighted by Crippen LogP contribution is 2.54. The standard InChI is InChI=1S/C56H59F3N10O4/c1-3-37-43(57)8-4-32-20-36(70)21-41(47(32)37)50-48(59)51-42(26-60-50)52(69-27-33-5-6-34(28-69)61-33)64-54(63-51)73-30-56(12-13-56)29-67-18-14-55(15-19-67)24-35(25-55)68-16-10-31(11-17-68)39-23-45-40(22-44(39)58)49(65-66(45)2)38-7-9-46(71)62-53(38)72/h1,4,8,20-23,26,31,33-35,38,61,70H,5-7,9-19,24-25,27-30H2,2H3,(H,62,71,72). The van der Waals surface area contributed by atoms with E-state index in [2.05, 4.69) is 41.3 Å². The minimum atomic E-state index is -0.728. The summed E-state index contributed by atoms with van der Waals surface area (Å²) >= 11 is 0. The summed E-state index contributed by atoms with van der Waals surface area (Å²) in [5.41, 5.74) is 2.45. The molecule has 378 valence electrons. The van der Waals surface area contributed by atoms with Crippen LogP contribution in [0.2, 0.25) is 0 Å². The summed E-state index contributed by atoms with van der Waals surface area (Å²) in [6.07, 6.45) is 18.6. The van der Waals surface area contributed by atoms with Gasteiger partial charge in [-0.25, -0.2) is 13.2 Å². The number of carbonyl (C=O) groups is 2. The van der Waals surface area contributed by atoms with Crippen molar-refractivity contribution in [3.8, 4) is 35.4 Å². The molecule has 2 amide bonds. The van der Waals surface area contributed by atoms with Crippen LogP contribution in [0, 0.1) is 40.6 Å². The molecule has 14 nitrogen and oxygen atoms in total. The third-order valence-corrected chi connectivity index (χ3v) is 17.9. The molecule has 3 N–H and O–H groups in total. The quantitative estimate of drug-likeness (QED) is 0.0917. The van der Waals surface area contributed by atoms with Gasteiger partial charge in [-0.2, -0.15) is 15.1 Å². The van der Waals surface area contributed by atoms with E-state index >= 15 is 13.2 Å². The van der Waals surface area contributed by atoms with E-state index in [1.54, 1.807) is 16.9 Å². The number of hydrogen-bond acceptors (Lipinski definition) is 12. The molecule has 17 heteroatoms. The molecular weight excluding hydrogens is 934 g/mol. The molecule has 7 fully saturated rings. The van der Waals surface area contributed by atoms with Gasteiger partial charge in [0.15, 0.2) is 5.82 Å². The molecule has 2 saturated carbocycles. The van der Waals surface area contributed by atoms with E-state index in [1.165, 1.54) is 37.1 Å². The van der Waals surface area contributed by atoms with Crippen molar-refractivity contribution in [2.75, 3.05) is 57.3 Å². The monoisotopic (exact) mass is 992 g/mol. The molecular formula is C56H59F3N10O4. The fourth-order valence-electron chi connectivity index (χ4n) is 13.7. The number of phenols is 1. The van der Waals surface area contributed by atoms with Gasteiger partial charge in [0.2, 0.25) is 11.8 Å². The van der Waals surface area contributed by atoms with Crippen LogP contribution in [0.4, 0.5) is 19.0 Å². The van der Waals surface area contributed by atoms with Crippen LogP contribution >= 0.6 is 0 Å². The Hall–Kier alpha value is -6.35. The molecule has 3 aromatic carbocycles. The zero-order valence-corrected chi connectivity index (χ0v) is 41.0. The third-order valence-electron chi connectivity index (χ3n) is 17.9. The number of halogens is 3. The predicted octanol–water partition coefficient (Wildman–Crippen LogP) is 7.58. The van der Waals surface area contributed by atoms with Gasteiger partial charge in [-0.05, 0) is 149 Å². The maximum atomic E-state index is 17.2. The number of aromatic nitrogens is 5. The SMILES string of the molecule is C#Cc1c(F)ccc2cc(O)cc(-c3ncc4c(N5CC6CCC(C5)N6)nc(OCC5(CN6CCC7(CC6)CC(N6CCC(c8cc9c(cc8F)c(C8CCC(=O)NC8=O)nn9C)CC6)C7)CC5)nc4c3F)c12. The number of anilines is 1. The Morgan fingerprint density at radius 1 is 0.904 bits per heavy atom. The van der Waals surface area contributed by atoms with E-state index in [4.69, 9.17) is 21.1 Å². The molecule has 1 spiro atoms. The molecule has 3 unspecified atom stereocenters. The van der Waals surface area contributed by atoms with Crippen LogP contribution in [0.25, 0.3) is 43.8 Å². The first-order valence-corrected chi connectivity index (χ1v) is 26.2. The van der Waals surface area contributed by atoms with Gasteiger partial charge in [-0.15, -0.1) is 6.42 Å². The third kappa shape index (κ3) is 8.24. The number of hydrogen-bond donors (Lipinski definition) is 3. The average molecular weight is 993 g/mol. The topological polar surface area (TPSA) is 154 Å². The number of piperidine rings is 3. The van der Waals surface area contributed by atoms with Crippen LogP contribution in [0.15, 0.2) is 42.6 Å². The molecule has 5 aliphatic heterocycles. The minimum Gasteiger partial charge on any atom is -0.508 e. The van der Waals surface area contributed by atoms with Crippen molar-refractivity contribution >= 4 is 50.2 Å². The number of amides is 2. The minimum absolute atomic E-state index is 0.0384. The van der Waals surface area contributed by atoms with Crippen molar-refractivity contribution in [1.29, 1.82) is 0 Å². The van der Waals surface area contributed by atoms with Crippen LogP contribution < -0.4 is 20.3 Å². The van der Waals surface area contributed by atoms with Gasteiger partial charge in [0.1, 0.15) is 34.4 Å². The average Bonchev–Trinajstić information content (AvgIpc) is 3.96. The number of fused-ring (bicyclic) bond motifs is 5. The van der Waals surface area contributed by atoms with Crippen LogP contribution in [0.3, 0.4) is 0 Å². The summed E-state index contributed by atoms with van der Waals surface area (Å²) in [4.78, 5) is 46.1. The maximum absolute atomic E-state index is 17.2. The molecule has 0 radical (unpaired) electrons. The van der Waals surface area contributed by atoms with Crippen molar-refractivity contribution in [1.82, 2.24) is 45.2 Å². The van der Waals surface area contributed by atoms with Gasteiger partial charge < -0.3 is 29.9 Å². The van der Waals surface area contributed by atoms with Gasteiger partial charge in [0, 0.05) is 79.2 Å². The predicted molar refractivity (Wildman–Crippen MR) is 270 cm³/mol. The van der Waals surface area contributed by atoms with Crippen LogP contribution in [-0.2, 0) is 16.6 Å². The lowest BCUT2D eigenvalue weighted by molar-refractivity contribution is -0.134. The summed E-state index contributed by atoms with van der Waals surface area (Å²) in [6.45, 7) is 6.70. The number of phenolic OH excluding ortho intramolecular Hbond substituents is 1. The van der Waals surface area contributed by atoms with Gasteiger partial charge in [-0.1, -0.05) is 12.0 Å². The number of piperazine rings is 1. The molecule has 6 aromatic rings. The van der Waals surface area contributed by atoms with E-state index in [0.717, 1.165) is 95.2 Å². The molecule has 2 bridgehead atoms. The number of nitrogens with one attached hydrogen (secondary N) is 2. The fraction of sp³-hybridized carbons (Fsp3) is 0.500. The Morgan fingerprint density at radius 3 is 2.40 bits per heavy atom. The van der Waals surface area contributed by atoms with Crippen molar-refractivity contribution in [3.05, 3.63) is 76.9 Å². The molecule has 3 aromatic heterocycles. The molecule has 73 heavy (non-hydrogen) atoms. The Kier molecular flexibility index (Phi) is 11.2. The van der Waals surface area contributed by atoms with E-state index in [0.29, 0.717) is 77.3 Å². The molecule has 8 heterocycles. The second-order valence-corrected chi connectivity index (χ2v) is 22.6. The van der Waals surface area contributed by atoms with E-state index in [9.17, 15) is 14.7 Å². The lowest BCUT2D eigenvalue weighted by Crippen LogP contribution is -2.56. The summed E-state index contributed by atoms with van der Waals surface area (Å²) in [5, 5.41) is 23.3. The molecule has 2 aliphatic carbocycles. The number of terminal acetylenes is 1. The number of imide groups is 1. The number of pyridine rings is 1. The smallest absolute Gasteiger partial charge is 0.319 e. The molecule has 7 aliphatic rings. The lowest BCUT2D eigenvalue weighted by atomic mass is 9.59. The molecule has 5 saturated heterocycles. The summed E-state index contributed by atoms with van der Waals surface area (Å²) in [5.74, 6) is 0.141. The number of rotatable bonds is 10. The molecule has 3 atom stereocenters. The second kappa shape index (κ2) is 17.7. The van der Waals surface area contributed by atoms with Crippen LogP contribution in [-0.4, -0.2) is 122 Å². The number of benzene rings is 3. The zero-order valence-electron chi connectivity index (χ0n) is 41.0. The Balaban J connectivity index is 0.655. The largest absolute Gasteiger partial charge is 0.508 e. The van der Waals surface area contributed by atoms with Crippen molar-refractivity contribution in [3.63, 3.8) is 0 Å². The first-order valence-electron chi connectivity index (χ1n) is 26.2. The maximum Gasteiger partial charge on any atom is 0.319 e. The normalized spacial score (nSPS) is 24.4. The van der Waals surface area contributed by atoms with Crippen molar-refractivity contribution in [2.45, 2.75) is 107 Å². The Labute approximate surface area is 421 Å². The highest BCUT2D eigenvalue weighted by atomic mass is 19.1. The zero-order chi connectivity index (χ0) is 49.9. The number of aromatic hydroxyl groups is 1. The van der Waals surface area contributed by atoms with E-state index in [-0.39, 0.29) is 74.9 Å². The van der Waals surface area contributed by atoms with Gasteiger partial charge in [0.05, 0.1) is 34.7 Å². The first kappa shape index (κ1) is 46.4. The van der Waals surface area contributed by atoms with Crippen LogP contribution in [0.5, 0.6) is 11.8 Å². The number of nitrogens with zero attached hydrogens (tertiary/aromatic N) is 8. The van der Waals surface area contributed by atoms with Crippen LogP contribution in [0.1, 0.15) is 106 Å². The number of likely N-dealkylation sites (tertiary alicyclic amines) is 2. The molecule has 13 rings (SSSR count). The van der Waals surface area contributed by atoms with E-state index < -0.39 is 17.6 Å². The summed E-state index contributed by atoms with van der Waals surface area (Å²) < 4.78 is 56.4. The van der Waals surface area contributed by atoms with Gasteiger partial charge in [-0.3, -0.25) is 24.6 Å². The highest BCUT2D eigenvalue weighted by molar-refractivity contribution is 6.04. The number of ether oxygens (including phenoxy) is 1. The Morgan fingerprint density at radius 2 is 1.67 bits per heavy atom. The number of carbonyl (C=O) groups excluding carboxylic acids is 2. The van der Waals surface area contributed by atoms with Crippen molar-refractivity contribution < 1.29 is 32.6 Å². The summed E-state index contributed by atoms with van der Waals surface area (Å²) in [7, 11) is 1.83. The van der Waals surface area contributed by atoms with Gasteiger partial charge in [0.25, 0.3) is 0 Å². The lowest BCUT2D eigenvalue weighted by Gasteiger charge is -2.56. The Bertz CT molecular complexity index is 3280. The second-order valence-electron chi connectivity index (χ2n) is 22.6. The first-order chi connectivity index (χ1) is 35.3. The highest BCUT2D eigenvalue weighted by Gasteiger charge is 2.51. The van der Waals surface area contributed by atoms with Gasteiger partial charge >= 0.3 is 6.01 Å². The number of aryl methyl sites for hydroxylation is 1. The summed E-state index contributed by atoms with van der Waals surface area (Å²) in [6, 6.07) is 10.3. The van der Waals surface area contributed by atoms with Crippen molar-refractivity contribution in [2.24, 2.45) is 17.9 Å².